The van der Waals surface area contributed by atoms with E-state index in [4.69, 9.17) is 27.8 Å². The van der Waals surface area contributed by atoms with Gasteiger partial charge in [0.1, 0.15) is 21.3 Å². The second-order valence-corrected chi connectivity index (χ2v) is 12.0. The van der Waals surface area contributed by atoms with Gasteiger partial charge >= 0.3 is 19.8 Å². The van der Waals surface area contributed by atoms with Gasteiger partial charge in [-0.25, -0.2) is 16.8 Å². The van der Waals surface area contributed by atoms with Crippen LogP contribution in [0.2, 0.25) is 6.04 Å². The topological polar surface area (TPSA) is 138 Å². The van der Waals surface area contributed by atoms with Crippen LogP contribution in [0.5, 0.6) is 0 Å². The van der Waals surface area contributed by atoms with E-state index in [-0.39, 0.29) is 4.97 Å². The number of quaternary nitrogens is 1. The fraction of sp³-hybridized carbons (Fsp3) is 1.00. The summed E-state index contributed by atoms with van der Waals surface area (Å²) >= 11 is 0. The van der Waals surface area contributed by atoms with E-state index in [1.54, 1.807) is 0 Å². The first-order valence-electron chi connectivity index (χ1n) is 9.62. The molecule has 0 bridgehead atoms. The molecule has 214 valence electrons. The molecule has 0 spiro atoms. The third-order valence-corrected chi connectivity index (χ3v) is 9.51. The first kappa shape index (κ1) is 36.5. The van der Waals surface area contributed by atoms with E-state index in [9.17, 15) is 43.2 Å². The normalized spacial score (nSPS) is 13.9. The van der Waals surface area contributed by atoms with Gasteiger partial charge in [0.25, 0.3) is 0 Å². The Labute approximate surface area is 201 Å². The van der Waals surface area contributed by atoms with Crippen molar-refractivity contribution in [2.24, 2.45) is 0 Å². The largest absolute Gasteiger partial charge is 0.501 e. The van der Waals surface area contributed by atoms with Gasteiger partial charge in [-0.15, -0.1) is 14.5 Å². The molecule has 0 radical (unpaired) electrons. The van der Waals surface area contributed by atoms with Crippen LogP contribution in [0.25, 0.3) is 4.13 Å². The molecule has 0 aromatic carbocycles. The molecule has 0 saturated carbocycles. The number of hydrogen-bond donors (Lipinski definition) is 0. The summed E-state index contributed by atoms with van der Waals surface area (Å²) in [5, 5.41) is 0. The Morgan fingerprint density at radius 2 is 1.03 bits per heavy atom. The maximum Gasteiger partial charge on any atom is 0.501 e. The van der Waals surface area contributed by atoms with Gasteiger partial charge in [0, 0.05) is 32.3 Å². The zero-order valence-electron chi connectivity index (χ0n) is 19.8. The SMILES string of the molecule is CCO[Si](CCC[N+](OC)(OC)OC)(OCC)OCC.O=S(=O)([N-]S(=O)(=O)C(F)(F)F)C(F)(F)F. The molecule has 0 aliphatic heterocycles. The van der Waals surface area contributed by atoms with Crippen molar-refractivity contribution in [2.45, 2.75) is 44.3 Å². The van der Waals surface area contributed by atoms with Gasteiger partial charge in [-0.05, 0) is 20.8 Å². The summed E-state index contributed by atoms with van der Waals surface area (Å²) in [5.74, 6) is 0. The lowest BCUT2D eigenvalue weighted by molar-refractivity contribution is -1.36. The summed E-state index contributed by atoms with van der Waals surface area (Å²) in [4.78, 5) is 15.3. The highest BCUT2D eigenvalue weighted by atomic mass is 32.3. The quantitative estimate of drug-likeness (QED) is 0.121. The number of nitrogens with zero attached hydrogens (tertiary/aromatic N) is 2. The van der Waals surface area contributed by atoms with Crippen molar-refractivity contribution in [3.63, 3.8) is 0 Å². The molecule has 12 nitrogen and oxygen atoms in total. The molecule has 0 N–H and O–H groups in total. The van der Waals surface area contributed by atoms with Gasteiger partial charge in [0.2, 0.25) is 0 Å². The lowest BCUT2D eigenvalue weighted by Gasteiger charge is -2.30. The van der Waals surface area contributed by atoms with Gasteiger partial charge in [-0.3, -0.25) is 0 Å². The van der Waals surface area contributed by atoms with Crippen LogP contribution in [0.15, 0.2) is 0 Å². The number of hydrogen-bond acceptors (Lipinski definition) is 10. The third kappa shape index (κ3) is 12.0. The maximum atomic E-state index is 11.4. The summed E-state index contributed by atoms with van der Waals surface area (Å²) < 4.78 is 127. The highest BCUT2D eigenvalue weighted by Crippen LogP contribution is 2.36. The van der Waals surface area contributed by atoms with Crippen molar-refractivity contribution in [2.75, 3.05) is 47.7 Å². The predicted octanol–water partition coefficient (Wildman–Crippen LogP) is 2.99. The first-order valence-corrected chi connectivity index (χ1v) is 14.4. The Morgan fingerprint density at radius 3 is 1.26 bits per heavy atom. The van der Waals surface area contributed by atoms with E-state index in [0.29, 0.717) is 32.4 Å². The van der Waals surface area contributed by atoms with Crippen molar-refractivity contribution in [3.05, 3.63) is 4.13 Å². The number of hydroxylamine groups is 3. The standard InChI is InChI=1S/C12H30NO6Si.C2F6NO4S2/c1-7-17-20(18-8-2,19-9-3)12-10-11-13(14-4,15-5)16-6;3-1(4,5)14(10,11)9-15(12,13)2(6,7)8/h7-12H2,1-6H3;/q+1;-1. The van der Waals surface area contributed by atoms with Crippen molar-refractivity contribution >= 4 is 28.9 Å². The average Bonchev–Trinajstić information content (AvgIpc) is 2.70. The van der Waals surface area contributed by atoms with Crippen LogP contribution in [0.4, 0.5) is 26.3 Å². The second-order valence-electron chi connectivity index (χ2n) is 5.88. The smallest absolute Gasteiger partial charge is 0.421 e. The van der Waals surface area contributed by atoms with Crippen LogP contribution in [0.3, 0.4) is 0 Å². The van der Waals surface area contributed by atoms with Crippen LogP contribution in [-0.2, 0) is 47.8 Å². The van der Waals surface area contributed by atoms with Crippen LogP contribution in [-0.4, -0.2) is 89.3 Å². The van der Waals surface area contributed by atoms with E-state index in [1.165, 1.54) is 21.3 Å². The lowest BCUT2D eigenvalue weighted by atomic mass is 10.5. The molecule has 0 aliphatic carbocycles. The Morgan fingerprint density at radius 1 is 0.714 bits per heavy atom. The molecule has 35 heavy (non-hydrogen) atoms. The highest BCUT2D eigenvalue weighted by Gasteiger charge is 2.47. The lowest BCUT2D eigenvalue weighted by Crippen LogP contribution is -2.49. The number of rotatable bonds is 15. The Balaban J connectivity index is 0. The summed E-state index contributed by atoms with van der Waals surface area (Å²) in [7, 11) is -11.5. The zero-order valence-corrected chi connectivity index (χ0v) is 22.4. The molecule has 0 fully saturated rings. The van der Waals surface area contributed by atoms with Crippen LogP contribution in [0.1, 0.15) is 27.2 Å². The first-order chi connectivity index (χ1) is 15.8. The van der Waals surface area contributed by atoms with Gasteiger partial charge < -0.3 is 17.4 Å². The summed E-state index contributed by atoms with van der Waals surface area (Å²) in [5.41, 5.74) is -12.4. The van der Waals surface area contributed by atoms with Gasteiger partial charge in [0.15, 0.2) is 26.6 Å². The summed E-state index contributed by atoms with van der Waals surface area (Å²) in [6, 6.07) is 0.693. The minimum Gasteiger partial charge on any atom is -0.421 e. The fourth-order valence-corrected chi connectivity index (χ4v) is 6.50. The molecule has 0 aromatic heterocycles. The van der Waals surface area contributed by atoms with Crippen LogP contribution in [0, 0.1) is 0 Å². The molecule has 0 rings (SSSR count). The molecule has 0 aromatic rings. The van der Waals surface area contributed by atoms with E-state index < -0.39 is 39.9 Å². The third-order valence-electron chi connectivity index (χ3n) is 3.62. The summed E-state index contributed by atoms with van der Waals surface area (Å²) in [6.45, 7) is 8.07. The molecule has 0 aliphatic rings. The number of halogens is 6. The molecular weight excluding hydrogens is 562 g/mol. The van der Waals surface area contributed by atoms with E-state index in [2.05, 4.69) is 0 Å². The molecule has 0 saturated heterocycles. The van der Waals surface area contributed by atoms with Crippen LogP contribution >= 0.6 is 0 Å². The minimum absolute atomic E-state index is 0.325. The van der Waals surface area contributed by atoms with E-state index in [1.807, 2.05) is 20.8 Å². The monoisotopic (exact) mass is 592 g/mol. The summed E-state index contributed by atoms with van der Waals surface area (Å²) in [6.07, 6.45) is 0.738. The maximum absolute atomic E-state index is 11.4. The van der Waals surface area contributed by atoms with Crippen molar-refractivity contribution in [3.8, 4) is 0 Å². The molecule has 0 heterocycles. The van der Waals surface area contributed by atoms with E-state index >= 15 is 0 Å². The van der Waals surface area contributed by atoms with Crippen molar-refractivity contribution in [1.82, 2.24) is 0 Å². The predicted molar refractivity (Wildman–Crippen MR) is 110 cm³/mol. The average molecular weight is 593 g/mol. The van der Waals surface area contributed by atoms with Gasteiger partial charge in [-0.1, -0.05) is 0 Å². The molecule has 0 amide bonds. The van der Waals surface area contributed by atoms with E-state index in [0.717, 1.165) is 10.5 Å². The molecule has 0 unspecified atom stereocenters. The van der Waals surface area contributed by atoms with Crippen molar-refractivity contribution < 1.29 is 75.9 Å². The Kier molecular flexibility index (Phi) is 15.6. The fourth-order valence-electron chi connectivity index (χ4n) is 2.20. The second kappa shape index (κ2) is 14.9. The molecular formula is C14H30F6N2O10S2Si. The Bertz CT molecular complexity index is 740. The van der Waals surface area contributed by atoms with Crippen LogP contribution < -0.4 is 0 Å². The molecule has 0 atom stereocenters. The van der Waals surface area contributed by atoms with Crippen molar-refractivity contribution in [1.29, 1.82) is 0 Å². The minimum atomic E-state index is -6.72. The highest BCUT2D eigenvalue weighted by molar-refractivity contribution is 8.13. The van der Waals surface area contributed by atoms with Gasteiger partial charge in [-0.2, -0.15) is 26.3 Å². The number of alkyl halides is 6. The number of sulfonamides is 2. The van der Waals surface area contributed by atoms with Gasteiger partial charge in [0.05, 0.1) is 4.97 Å². The molecule has 21 heteroatoms. The Hall–Kier alpha value is -0.623. The zero-order chi connectivity index (χ0) is 28.2.